The summed E-state index contributed by atoms with van der Waals surface area (Å²) >= 11 is 0. The van der Waals surface area contributed by atoms with Crippen LogP contribution < -0.4 is 5.73 Å². The van der Waals surface area contributed by atoms with Crippen LogP contribution in [0.4, 0.5) is 0 Å². The van der Waals surface area contributed by atoms with Crippen molar-refractivity contribution in [3.05, 3.63) is 29.6 Å². The Hall–Kier alpha value is -1.46. The van der Waals surface area contributed by atoms with Gasteiger partial charge in [0.1, 0.15) is 11.5 Å². The molecule has 1 fully saturated rings. The molecule has 2 heterocycles. The van der Waals surface area contributed by atoms with Gasteiger partial charge in [-0.2, -0.15) is 0 Å². The molecule has 0 aromatic carbocycles. The normalized spacial score (nSPS) is 24.0. The van der Waals surface area contributed by atoms with Gasteiger partial charge < -0.3 is 10.6 Å². The van der Waals surface area contributed by atoms with E-state index in [1.807, 2.05) is 12.1 Å². The van der Waals surface area contributed by atoms with Crippen LogP contribution >= 0.6 is 0 Å². The lowest BCUT2D eigenvalue weighted by atomic mass is 10.1. The summed E-state index contributed by atoms with van der Waals surface area (Å²) in [4.78, 5) is 8.91. The number of amidine groups is 1. The summed E-state index contributed by atoms with van der Waals surface area (Å²) in [7, 11) is 4.27. The molecule has 2 unspecified atom stereocenters. The number of hydrogen-bond donors (Lipinski definition) is 2. The number of nitrogens with one attached hydrogen (secondary N) is 1. The highest BCUT2D eigenvalue weighted by atomic mass is 15.2. The smallest absolute Gasteiger partial charge is 0.142 e. The van der Waals surface area contributed by atoms with Crippen molar-refractivity contribution >= 4 is 5.84 Å². The lowest BCUT2D eigenvalue weighted by molar-refractivity contribution is 0.250. The fourth-order valence-electron chi connectivity index (χ4n) is 2.90. The maximum absolute atomic E-state index is 7.59. The van der Waals surface area contributed by atoms with Crippen LogP contribution in [-0.2, 0) is 6.54 Å². The summed E-state index contributed by atoms with van der Waals surface area (Å²) in [5, 5.41) is 7.59. The van der Waals surface area contributed by atoms with Gasteiger partial charge in [0, 0.05) is 31.9 Å². The molecule has 0 spiro atoms. The van der Waals surface area contributed by atoms with Crippen LogP contribution in [0.25, 0.3) is 0 Å². The predicted octanol–water partition coefficient (Wildman–Crippen LogP) is 0.748. The second-order valence-electron chi connectivity index (χ2n) is 5.63. The number of aromatic nitrogens is 1. The molecule has 1 aliphatic rings. The molecular formula is C14H23N5. The van der Waals surface area contributed by atoms with Crippen LogP contribution in [0.2, 0.25) is 0 Å². The van der Waals surface area contributed by atoms with Crippen molar-refractivity contribution in [1.82, 2.24) is 14.8 Å². The zero-order chi connectivity index (χ0) is 14.0. The highest BCUT2D eigenvalue weighted by Crippen LogP contribution is 2.22. The van der Waals surface area contributed by atoms with E-state index in [4.69, 9.17) is 11.1 Å². The molecule has 2 atom stereocenters. The Labute approximate surface area is 114 Å². The Morgan fingerprint density at radius 1 is 1.53 bits per heavy atom. The minimum atomic E-state index is 0.0482. The van der Waals surface area contributed by atoms with E-state index in [-0.39, 0.29) is 5.84 Å². The van der Waals surface area contributed by atoms with Crippen LogP contribution in [0.3, 0.4) is 0 Å². The van der Waals surface area contributed by atoms with E-state index in [0.717, 1.165) is 25.2 Å². The molecule has 0 radical (unpaired) electrons. The molecule has 19 heavy (non-hydrogen) atoms. The topological polar surface area (TPSA) is 69.2 Å². The van der Waals surface area contributed by atoms with Crippen LogP contribution in [0.1, 0.15) is 18.2 Å². The number of likely N-dealkylation sites (N-methyl/N-ethyl adjacent to an activating group) is 1. The molecule has 0 aliphatic carbocycles. The van der Waals surface area contributed by atoms with Crippen molar-refractivity contribution in [2.24, 2.45) is 11.7 Å². The molecule has 1 aromatic rings. The average molecular weight is 261 g/mol. The lowest BCUT2D eigenvalue weighted by Crippen LogP contribution is -2.34. The summed E-state index contributed by atoms with van der Waals surface area (Å²) in [6.45, 7) is 5.24. The number of nitrogens with two attached hydrogens (primary N) is 1. The quantitative estimate of drug-likeness (QED) is 0.620. The monoisotopic (exact) mass is 261 g/mol. The minimum Gasteiger partial charge on any atom is -0.382 e. The Morgan fingerprint density at radius 3 is 2.84 bits per heavy atom. The summed E-state index contributed by atoms with van der Waals surface area (Å²) in [6.07, 6.45) is 1.69. The summed E-state index contributed by atoms with van der Waals surface area (Å²) in [5.74, 6) is 0.708. The predicted molar refractivity (Wildman–Crippen MR) is 77.2 cm³/mol. The molecule has 104 valence electrons. The molecule has 1 aromatic heterocycles. The largest absolute Gasteiger partial charge is 0.382 e. The first kappa shape index (κ1) is 14.0. The van der Waals surface area contributed by atoms with Gasteiger partial charge in [0.15, 0.2) is 0 Å². The number of likely N-dealkylation sites (tertiary alicyclic amines) is 1. The van der Waals surface area contributed by atoms with Crippen molar-refractivity contribution < 1.29 is 0 Å². The van der Waals surface area contributed by atoms with Gasteiger partial charge in [-0.15, -0.1) is 0 Å². The highest BCUT2D eigenvalue weighted by molar-refractivity contribution is 5.94. The van der Waals surface area contributed by atoms with Gasteiger partial charge >= 0.3 is 0 Å². The molecule has 0 saturated carbocycles. The van der Waals surface area contributed by atoms with Crippen molar-refractivity contribution in [3.63, 3.8) is 0 Å². The average Bonchev–Trinajstić information content (AvgIpc) is 2.71. The van der Waals surface area contributed by atoms with Crippen molar-refractivity contribution in [2.75, 3.05) is 27.2 Å². The Morgan fingerprint density at radius 2 is 2.26 bits per heavy atom. The van der Waals surface area contributed by atoms with Crippen molar-refractivity contribution in [1.29, 1.82) is 5.41 Å². The van der Waals surface area contributed by atoms with Crippen molar-refractivity contribution in [2.45, 2.75) is 19.5 Å². The second kappa shape index (κ2) is 5.67. The number of nitrogens with zero attached hydrogens (tertiary/aromatic N) is 3. The van der Waals surface area contributed by atoms with Crippen LogP contribution in [-0.4, -0.2) is 53.8 Å². The lowest BCUT2D eigenvalue weighted by Gasteiger charge is -2.22. The summed E-state index contributed by atoms with van der Waals surface area (Å²) in [6, 6.07) is 4.51. The SMILES string of the molecule is CC1CN(Cc2cccnc2C(=N)N)CC1N(C)C. The zero-order valence-electron chi connectivity index (χ0n) is 11.9. The molecule has 2 rings (SSSR count). The van der Waals surface area contributed by atoms with Gasteiger partial charge in [-0.25, -0.2) is 0 Å². The first-order valence-electron chi connectivity index (χ1n) is 6.66. The van der Waals surface area contributed by atoms with Gasteiger partial charge in [0.05, 0.1) is 0 Å². The molecule has 1 aliphatic heterocycles. The van der Waals surface area contributed by atoms with Crippen LogP contribution in [0, 0.1) is 11.3 Å². The van der Waals surface area contributed by atoms with Crippen LogP contribution in [0.15, 0.2) is 18.3 Å². The van der Waals surface area contributed by atoms with Gasteiger partial charge in [-0.3, -0.25) is 15.3 Å². The van der Waals surface area contributed by atoms with Gasteiger partial charge in [0.2, 0.25) is 0 Å². The second-order valence-corrected chi connectivity index (χ2v) is 5.63. The first-order chi connectivity index (χ1) is 8.99. The number of rotatable bonds is 4. The van der Waals surface area contributed by atoms with E-state index in [0.29, 0.717) is 17.7 Å². The van der Waals surface area contributed by atoms with Gasteiger partial charge in [-0.1, -0.05) is 13.0 Å². The van der Waals surface area contributed by atoms with E-state index < -0.39 is 0 Å². The van der Waals surface area contributed by atoms with E-state index >= 15 is 0 Å². The Kier molecular flexibility index (Phi) is 4.17. The van der Waals surface area contributed by atoms with E-state index in [2.05, 4.69) is 35.8 Å². The van der Waals surface area contributed by atoms with Crippen LogP contribution in [0.5, 0.6) is 0 Å². The standard InChI is InChI=1S/C14H23N5/c1-10-7-19(9-12(10)18(2)3)8-11-5-4-6-17-13(11)14(15)16/h4-6,10,12H,7-9H2,1-3H3,(H3,15,16). The summed E-state index contributed by atoms with van der Waals surface area (Å²) in [5.41, 5.74) is 7.24. The maximum Gasteiger partial charge on any atom is 0.142 e. The fourth-order valence-corrected chi connectivity index (χ4v) is 2.90. The molecular weight excluding hydrogens is 238 g/mol. The molecule has 5 nitrogen and oxygen atoms in total. The van der Waals surface area contributed by atoms with E-state index in [1.54, 1.807) is 6.20 Å². The molecule has 0 bridgehead atoms. The fraction of sp³-hybridized carbons (Fsp3) is 0.571. The van der Waals surface area contributed by atoms with E-state index in [9.17, 15) is 0 Å². The zero-order valence-corrected chi connectivity index (χ0v) is 11.9. The number of nitrogen functional groups attached to an aromatic ring is 1. The third kappa shape index (κ3) is 3.11. The highest BCUT2D eigenvalue weighted by Gasteiger charge is 2.31. The molecule has 1 saturated heterocycles. The number of hydrogen-bond acceptors (Lipinski definition) is 4. The summed E-state index contributed by atoms with van der Waals surface area (Å²) < 4.78 is 0. The van der Waals surface area contributed by atoms with Crippen molar-refractivity contribution in [3.8, 4) is 0 Å². The molecule has 0 amide bonds. The Balaban J connectivity index is 2.09. The number of pyridine rings is 1. The molecule has 3 N–H and O–H groups in total. The first-order valence-corrected chi connectivity index (χ1v) is 6.66. The molecule has 5 heteroatoms. The third-order valence-electron chi connectivity index (χ3n) is 3.85. The maximum atomic E-state index is 7.59. The van der Waals surface area contributed by atoms with Gasteiger partial charge in [-0.05, 0) is 31.6 Å². The van der Waals surface area contributed by atoms with E-state index in [1.165, 1.54) is 0 Å². The minimum absolute atomic E-state index is 0.0482. The Bertz CT molecular complexity index is 457. The third-order valence-corrected chi connectivity index (χ3v) is 3.85. The van der Waals surface area contributed by atoms with Gasteiger partial charge in [0.25, 0.3) is 0 Å².